The minimum atomic E-state index is -0.723. The lowest BCUT2D eigenvalue weighted by Crippen LogP contribution is -2.44. The molecular formula is C22H22BrN3O6. The maximum atomic E-state index is 13.2. The largest absolute Gasteiger partial charge is 0.457 e. The third-order valence-electron chi connectivity index (χ3n) is 5.94. The number of rotatable bonds is 5. The molecule has 0 radical (unpaired) electrons. The predicted molar refractivity (Wildman–Crippen MR) is 115 cm³/mol. The number of ether oxygens (including phenoxy) is 2. The summed E-state index contributed by atoms with van der Waals surface area (Å²) in [6, 6.07) is 4.76. The second-order valence-corrected chi connectivity index (χ2v) is 8.72. The van der Waals surface area contributed by atoms with Gasteiger partial charge in [0.15, 0.2) is 6.61 Å². The number of nitrogens with zero attached hydrogens (tertiary/aromatic N) is 2. The van der Waals surface area contributed by atoms with Gasteiger partial charge in [-0.3, -0.25) is 14.4 Å². The van der Waals surface area contributed by atoms with Gasteiger partial charge in [0.1, 0.15) is 10.4 Å². The molecule has 2 aliphatic rings. The molecule has 0 spiro atoms. The molecule has 9 nitrogen and oxygen atoms in total. The Labute approximate surface area is 192 Å². The van der Waals surface area contributed by atoms with Gasteiger partial charge >= 0.3 is 12.1 Å². The third kappa shape index (κ3) is 4.45. The number of halogens is 1. The van der Waals surface area contributed by atoms with Gasteiger partial charge in [-0.2, -0.15) is 0 Å². The normalized spacial score (nSPS) is 21.8. The minimum Gasteiger partial charge on any atom is -0.457 e. The Morgan fingerprint density at radius 3 is 2.81 bits per heavy atom. The highest BCUT2D eigenvalue weighted by atomic mass is 79.9. The van der Waals surface area contributed by atoms with Gasteiger partial charge in [0.25, 0.3) is 0 Å². The second kappa shape index (κ2) is 9.23. The van der Waals surface area contributed by atoms with E-state index in [2.05, 4.69) is 26.2 Å². The lowest BCUT2D eigenvalue weighted by Gasteiger charge is -2.31. The molecule has 0 saturated carbocycles. The van der Waals surface area contributed by atoms with Crippen LogP contribution in [-0.2, 0) is 32.0 Å². The molecule has 0 bridgehead atoms. The van der Waals surface area contributed by atoms with E-state index < -0.39 is 36.5 Å². The molecule has 4 rings (SSSR count). The number of Topliss-reactive ketones (excluding diaryl/α,β-unsaturated/α-hetero) is 2. The maximum Gasteiger partial charge on any atom is 0.407 e. The van der Waals surface area contributed by atoms with Crippen LogP contribution in [0.1, 0.15) is 40.4 Å². The summed E-state index contributed by atoms with van der Waals surface area (Å²) in [4.78, 5) is 54.0. The lowest BCUT2D eigenvalue weighted by molar-refractivity contribution is -0.149. The molecule has 0 fully saturated rings. The third-order valence-corrected chi connectivity index (χ3v) is 6.41. The van der Waals surface area contributed by atoms with Crippen molar-refractivity contribution in [1.82, 2.24) is 14.9 Å². The van der Waals surface area contributed by atoms with E-state index in [4.69, 9.17) is 9.47 Å². The molecular weight excluding hydrogens is 482 g/mol. The highest BCUT2D eigenvalue weighted by molar-refractivity contribution is 9.10. The van der Waals surface area contributed by atoms with Gasteiger partial charge in [-0.1, -0.05) is 0 Å². The number of hydrogen-bond donors (Lipinski definition) is 1. The van der Waals surface area contributed by atoms with Crippen molar-refractivity contribution in [2.24, 2.45) is 5.92 Å². The van der Waals surface area contributed by atoms with E-state index in [0.717, 1.165) is 11.3 Å². The quantitative estimate of drug-likeness (QED) is 0.378. The Morgan fingerprint density at radius 1 is 1.28 bits per heavy atom. The smallest absolute Gasteiger partial charge is 0.407 e. The number of carbonyl (C=O) groups is 4. The fraction of sp³-hybridized carbons (Fsp3) is 0.409. The number of ketones is 2. The summed E-state index contributed by atoms with van der Waals surface area (Å²) in [5.74, 6) is -2.40. The molecule has 1 unspecified atom stereocenters. The Kier molecular flexibility index (Phi) is 6.40. The zero-order valence-corrected chi connectivity index (χ0v) is 19.0. The number of carbonyl (C=O) groups excluding carboxylic acids is 4. The number of alkyl carbamates (subject to hydrolysis) is 1. The number of nitrogens with one attached hydrogen (secondary N) is 1. The van der Waals surface area contributed by atoms with Crippen molar-refractivity contribution in [3.63, 3.8) is 0 Å². The number of pyridine rings is 1. The first-order valence-corrected chi connectivity index (χ1v) is 11.0. The fourth-order valence-electron chi connectivity index (χ4n) is 4.40. The van der Waals surface area contributed by atoms with E-state index in [1.807, 2.05) is 16.8 Å². The minimum absolute atomic E-state index is 0.0298. The number of aryl methyl sites for hydroxylation is 1. The van der Waals surface area contributed by atoms with Crippen molar-refractivity contribution in [2.45, 2.75) is 37.8 Å². The molecule has 0 saturated heterocycles. The van der Waals surface area contributed by atoms with Gasteiger partial charge < -0.3 is 19.4 Å². The van der Waals surface area contributed by atoms with E-state index in [9.17, 15) is 19.2 Å². The highest BCUT2D eigenvalue weighted by Gasteiger charge is 2.42. The van der Waals surface area contributed by atoms with Crippen LogP contribution in [0, 0.1) is 5.92 Å². The number of amides is 1. The number of hydrogen-bond acceptors (Lipinski definition) is 7. The van der Waals surface area contributed by atoms with Crippen molar-refractivity contribution in [2.75, 3.05) is 13.7 Å². The Bertz CT molecular complexity index is 1060. The van der Waals surface area contributed by atoms with Gasteiger partial charge in [-0.05, 0) is 52.5 Å². The van der Waals surface area contributed by atoms with Crippen molar-refractivity contribution in [3.05, 3.63) is 52.0 Å². The van der Waals surface area contributed by atoms with Gasteiger partial charge in [-0.25, -0.2) is 9.78 Å². The zero-order chi connectivity index (χ0) is 22.8. The molecule has 2 aromatic rings. The van der Waals surface area contributed by atoms with Crippen LogP contribution < -0.4 is 5.32 Å². The van der Waals surface area contributed by atoms with Crippen LogP contribution in [0.2, 0.25) is 0 Å². The first kappa shape index (κ1) is 22.2. The van der Waals surface area contributed by atoms with E-state index >= 15 is 0 Å². The summed E-state index contributed by atoms with van der Waals surface area (Å²) in [5, 5.41) is 2.76. The molecule has 3 atom stereocenters. The monoisotopic (exact) mass is 503 g/mol. The van der Waals surface area contributed by atoms with E-state index in [0.29, 0.717) is 23.0 Å². The molecule has 1 aliphatic carbocycles. The molecule has 3 heterocycles. The van der Waals surface area contributed by atoms with Crippen LogP contribution in [0.4, 0.5) is 4.79 Å². The van der Waals surface area contributed by atoms with Gasteiger partial charge in [0.2, 0.25) is 5.78 Å². The molecule has 168 valence electrons. The molecule has 32 heavy (non-hydrogen) atoms. The summed E-state index contributed by atoms with van der Waals surface area (Å²) >= 11 is 3.20. The topological polar surface area (TPSA) is 117 Å². The van der Waals surface area contributed by atoms with Gasteiger partial charge in [-0.15, -0.1) is 0 Å². The van der Waals surface area contributed by atoms with E-state index in [-0.39, 0.29) is 24.5 Å². The SMILES string of the molecule is COC(=O)N[C@H]1CCc2ccn3c2C1C(=O)C[C@H](C(=O)OCC(=O)c1ccc(Br)nc1)C3. The summed E-state index contributed by atoms with van der Waals surface area (Å²) < 4.78 is 12.5. The Hall–Kier alpha value is -3.01. The summed E-state index contributed by atoms with van der Waals surface area (Å²) in [7, 11) is 1.28. The molecule has 1 N–H and O–H groups in total. The number of methoxy groups -OCH3 is 1. The predicted octanol–water partition coefficient (Wildman–Crippen LogP) is 2.42. The molecule has 1 aliphatic heterocycles. The molecule has 2 aromatic heterocycles. The van der Waals surface area contributed by atoms with Gasteiger partial charge in [0, 0.05) is 42.7 Å². The zero-order valence-electron chi connectivity index (χ0n) is 17.4. The highest BCUT2D eigenvalue weighted by Crippen LogP contribution is 2.38. The molecule has 10 heteroatoms. The van der Waals surface area contributed by atoms with E-state index in [1.54, 1.807) is 12.1 Å². The average Bonchev–Trinajstić information content (AvgIpc) is 3.12. The summed E-state index contributed by atoms with van der Waals surface area (Å²) in [5.41, 5.74) is 2.20. The van der Waals surface area contributed by atoms with Crippen LogP contribution in [-0.4, -0.2) is 52.9 Å². The maximum absolute atomic E-state index is 13.2. The Morgan fingerprint density at radius 2 is 2.09 bits per heavy atom. The summed E-state index contributed by atoms with van der Waals surface area (Å²) in [6.07, 6.45) is 3.95. The van der Waals surface area contributed by atoms with Crippen LogP contribution in [0.15, 0.2) is 35.2 Å². The van der Waals surface area contributed by atoms with E-state index in [1.165, 1.54) is 13.3 Å². The van der Waals surface area contributed by atoms with Crippen molar-refractivity contribution in [1.29, 1.82) is 0 Å². The lowest BCUT2D eigenvalue weighted by atomic mass is 9.79. The number of esters is 1. The number of aromatic nitrogens is 2. The van der Waals surface area contributed by atoms with Crippen LogP contribution in [0.5, 0.6) is 0 Å². The van der Waals surface area contributed by atoms with Crippen LogP contribution in [0.25, 0.3) is 0 Å². The first-order valence-electron chi connectivity index (χ1n) is 10.2. The van der Waals surface area contributed by atoms with Crippen molar-refractivity contribution >= 4 is 39.6 Å². The first-order chi connectivity index (χ1) is 15.4. The molecule has 0 aromatic carbocycles. The average molecular weight is 504 g/mol. The fourth-order valence-corrected chi connectivity index (χ4v) is 4.63. The summed E-state index contributed by atoms with van der Waals surface area (Å²) in [6.45, 7) is -0.151. The van der Waals surface area contributed by atoms with Gasteiger partial charge in [0.05, 0.1) is 18.9 Å². The molecule has 1 amide bonds. The second-order valence-electron chi connectivity index (χ2n) is 7.91. The standard InChI is InChI=1S/C22H22BrN3O6/c1-31-22(30)25-15-4-2-12-6-7-26-10-14(8-16(27)19(15)20(12)26)21(29)32-11-17(28)13-3-5-18(23)24-9-13/h3,5-7,9,14-15,19H,2,4,8,10-11H2,1H3,(H,25,30)/t14-,15-,19?/m0/s1. The van der Waals surface area contributed by atoms with Crippen LogP contribution >= 0.6 is 15.9 Å². The van der Waals surface area contributed by atoms with Crippen molar-refractivity contribution in [3.8, 4) is 0 Å². The van der Waals surface area contributed by atoms with Crippen LogP contribution in [0.3, 0.4) is 0 Å². The van der Waals surface area contributed by atoms with Crippen molar-refractivity contribution < 1.29 is 28.7 Å². The Balaban J connectivity index is 1.48.